The Morgan fingerprint density at radius 1 is 1.50 bits per heavy atom. The summed E-state index contributed by atoms with van der Waals surface area (Å²) in [6, 6.07) is 9.59. The lowest BCUT2D eigenvalue weighted by Gasteiger charge is -1.98. The van der Waals surface area contributed by atoms with Crippen molar-refractivity contribution >= 4 is 11.6 Å². The molecule has 0 radical (unpaired) electrons. The lowest BCUT2D eigenvalue weighted by molar-refractivity contribution is 1.05. The summed E-state index contributed by atoms with van der Waals surface area (Å²) in [4.78, 5) is 7.46. The van der Waals surface area contributed by atoms with Crippen molar-refractivity contribution in [1.29, 1.82) is 5.26 Å². The van der Waals surface area contributed by atoms with E-state index in [-0.39, 0.29) is 0 Å². The highest BCUT2D eigenvalue weighted by Gasteiger charge is 2.08. The summed E-state index contributed by atoms with van der Waals surface area (Å²) < 4.78 is 0. The van der Waals surface area contributed by atoms with Crippen LogP contribution in [0.2, 0.25) is 5.02 Å². The molecular formula is C12H10ClN3. The van der Waals surface area contributed by atoms with Crippen molar-refractivity contribution in [3.05, 3.63) is 40.8 Å². The van der Waals surface area contributed by atoms with Crippen LogP contribution >= 0.6 is 11.6 Å². The number of H-pyrrole nitrogens is 1. The zero-order chi connectivity index (χ0) is 11.5. The lowest BCUT2D eigenvalue weighted by atomic mass is 10.1. The number of nitrogens with one attached hydrogen (secondary N) is 1. The SMILES string of the molecule is Cc1[nH]c(CC#N)nc1-c1cccc(Cl)c1. The second kappa shape index (κ2) is 4.38. The summed E-state index contributed by atoms with van der Waals surface area (Å²) in [6.07, 6.45) is 0.293. The molecule has 0 unspecified atom stereocenters. The van der Waals surface area contributed by atoms with Gasteiger partial charge in [-0.15, -0.1) is 0 Å². The second-order valence-corrected chi connectivity index (χ2v) is 3.94. The van der Waals surface area contributed by atoms with Gasteiger partial charge in [-0.05, 0) is 19.1 Å². The summed E-state index contributed by atoms with van der Waals surface area (Å²) in [5.41, 5.74) is 2.77. The number of nitrogens with zero attached hydrogens (tertiary/aromatic N) is 2. The molecule has 0 bridgehead atoms. The number of aryl methyl sites for hydroxylation is 1. The Labute approximate surface area is 98.7 Å². The molecule has 0 fully saturated rings. The van der Waals surface area contributed by atoms with Gasteiger partial charge < -0.3 is 4.98 Å². The van der Waals surface area contributed by atoms with Crippen LogP contribution in [0.3, 0.4) is 0 Å². The molecule has 1 N–H and O–H groups in total. The Balaban J connectivity index is 2.44. The standard InChI is InChI=1S/C12H10ClN3/c1-8-12(16-11(15-8)5-6-14)9-3-2-4-10(13)7-9/h2-4,7H,5H2,1H3,(H,15,16). The number of hydrogen-bond acceptors (Lipinski definition) is 2. The predicted octanol–water partition coefficient (Wildman–Crippen LogP) is 3.10. The molecule has 2 aromatic rings. The van der Waals surface area contributed by atoms with Crippen LogP contribution in [0, 0.1) is 18.3 Å². The van der Waals surface area contributed by atoms with Crippen LogP contribution in [0.4, 0.5) is 0 Å². The van der Waals surface area contributed by atoms with Crippen molar-refractivity contribution in [3.63, 3.8) is 0 Å². The summed E-state index contributed by atoms with van der Waals surface area (Å²) in [6.45, 7) is 1.93. The Bertz CT molecular complexity index is 552. The minimum Gasteiger partial charge on any atom is -0.345 e. The number of nitriles is 1. The number of hydrogen-bond donors (Lipinski definition) is 1. The zero-order valence-electron chi connectivity index (χ0n) is 8.79. The molecule has 0 aliphatic rings. The fourth-order valence-electron chi connectivity index (χ4n) is 1.60. The van der Waals surface area contributed by atoms with Gasteiger partial charge in [0.1, 0.15) is 5.82 Å². The van der Waals surface area contributed by atoms with E-state index in [9.17, 15) is 0 Å². The fraction of sp³-hybridized carbons (Fsp3) is 0.167. The first-order chi connectivity index (χ1) is 7.70. The highest BCUT2D eigenvalue weighted by atomic mass is 35.5. The van der Waals surface area contributed by atoms with Gasteiger partial charge in [-0.2, -0.15) is 5.26 Å². The van der Waals surface area contributed by atoms with Crippen LogP contribution in [0.15, 0.2) is 24.3 Å². The summed E-state index contributed by atoms with van der Waals surface area (Å²) in [5, 5.41) is 9.29. The van der Waals surface area contributed by atoms with Crippen molar-refractivity contribution in [1.82, 2.24) is 9.97 Å². The number of rotatable bonds is 2. The van der Waals surface area contributed by atoms with Gasteiger partial charge in [0.25, 0.3) is 0 Å². The first kappa shape index (κ1) is 10.7. The number of imidazole rings is 1. The van der Waals surface area contributed by atoms with Gasteiger partial charge in [0.2, 0.25) is 0 Å². The Morgan fingerprint density at radius 3 is 3.00 bits per heavy atom. The smallest absolute Gasteiger partial charge is 0.121 e. The molecule has 80 valence electrons. The molecular weight excluding hydrogens is 222 g/mol. The summed E-state index contributed by atoms with van der Waals surface area (Å²) in [5.74, 6) is 0.690. The molecule has 0 aliphatic carbocycles. The normalized spacial score (nSPS) is 10.1. The maximum Gasteiger partial charge on any atom is 0.121 e. The quantitative estimate of drug-likeness (QED) is 0.864. The van der Waals surface area contributed by atoms with Gasteiger partial charge in [0.05, 0.1) is 18.2 Å². The average molecular weight is 232 g/mol. The minimum absolute atomic E-state index is 0.293. The Morgan fingerprint density at radius 2 is 2.31 bits per heavy atom. The molecule has 0 aliphatic heterocycles. The third kappa shape index (κ3) is 2.07. The fourth-order valence-corrected chi connectivity index (χ4v) is 1.79. The van der Waals surface area contributed by atoms with E-state index in [1.54, 1.807) is 0 Å². The average Bonchev–Trinajstić information content (AvgIpc) is 2.60. The van der Waals surface area contributed by atoms with Gasteiger partial charge >= 0.3 is 0 Å². The van der Waals surface area contributed by atoms with E-state index in [0.717, 1.165) is 17.0 Å². The van der Waals surface area contributed by atoms with Crippen LogP contribution in [0.25, 0.3) is 11.3 Å². The molecule has 16 heavy (non-hydrogen) atoms. The molecule has 0 amide bonds. The summed E-state index contributed by atoms with van der Waals surface area (Å²) >= 11 is 5.92. The van der Waals surface area contributed by atoms with Crippen molar-refractivity contribution in [2.75, 3.05) is 0 Å². The predicted molar refractivity (Wildman–Crippen MR) is 63.1 cm³/mol. The minimum atomic E-state index is 0.293. The van der Waals surface area contributed by atoms with E-state index in [4.69, 9.17) is 16.9 Å². The first-order valence-electron chi connectivity index (χ1n) is 4.89. The van der Waals surface area contributed by atoms with E-state index >= 15 is 0 Å². The van der Waals surface area contributed by atoms with Crippen molar-refractivity contribution in [2.45, 2.75) is 13.3 Å². The van der Waals surface area contributed by atoms with Gasteiger partial charge in [-0.3, -0.25) is 0 Å². The maximum absolute atomic E-state index is 8.60. The molecule has 1 aromatic carbocycles. The van der Waals surface area contributed by atoms with Gasteiger partial charge in [-0.25, -0.2) is 4.98 Å². The van der Waals surface area contributed by atoms with E-state index in [0.29, 0.717) is 17.3 Å². The van der Waals surface area contributed by atoms with Crippen molar-refractivity contribution < 1.29 is 0 Å². The van der Waals surface area contributed by atoms with Crippen LogP contribution in [-0.2, 0) is 6.42 Å². The first-order valence-corrected chi connectivity index (χ1v) is 5.27. The number of halogens is 1. The molecule has 0 spiro atoms. The lowest BCUT2D eigenvalue weighted by Crippen LogP contribution is -1.83. The van der Waals surface area contributed by atoms with Gasteiger partial charge in [0.15, 0.2) is 0 Å². The van der Waals surface area contributed by atoms with E-state index in [1.165, 1.54) is 0 Å². The van der Waals surface area contributed by atoms with E-state index in [1.807, 2.05) is 31.2 Å². The van der Waals surface area contributed by atoms with Crippen LogP contribution in [-0.4, -0.2) is 9.97 Å². The van der Waals surface area contributed by atoms with E-state index in [2.05, 4.69) is 16.0 Å². The van der Waals surface area contributed by atoms with Crippen LogP contribution in [0.5, 0.6) is 0 Å². The second-order valence-electron chi connectivity index (χ2n) is 3.50. The molecule has 1 heterocycles. The molecule has 0 saturated heterocycles. The molecule has 2 rings (SSSR count). The largest absolute Gasteiger partial charge is 0.345 e. The molecule has 0 atom stereocenters. The monoisotopic (exact) mass is 231 g/mol. The summed E-state index contributed by atoms with van der Waals surface area (Å²) in [7, 11) is 0. The van der Waals surface area contributed by atoms with Crippen molar-refractivity contribution in [2.24, 2.45) is 0 Å². The van der Waals surface area contributed by atoms with Crippen LogP contribution < -0.4 is 0 Å². The Hall–Kier alpha value is -1.79. The highest BCUT2D eigenvalue weighted by Crippen LogP contribution is 2.23. The maximum atomic E-state index is 8.60. The van der Waals surface area contributed by atoms with E-state index < -0.39 is 0 Å². The molecule has 1 aromatic heterocycles. The highest BCUT2D eigenvalue weighted by molar-refractivity contribution is 6.30. The zero-order valence-corrected chi connectivity index (χ0v) is 9.54. The van der Waals surface area contributed by atoms with Crippen LogP contribution in [0.1, 0.15) is 11.5 Å². The number of aromatic nitrogens is 2. The third-order valence-electron chi connectivity index (χ3n) is 2.28. The molecule has 0 saturated carbocycles. The number of aromatic amines is 1. The molecule has 3 nitrogen and oxygen atoms in total. The third-order valence-corrected chi connectivity index (χ3v) is 2.51. The van der Waals surface area contributed by atoms with Gasteiger partial charge in [-0.1, -0.05) is 23.7 Å². The topological polar surface area (TPSA) is 52.5 Å². The Kier molecular flexibility index (Phi) is 2.93. The number of benzene rings is 1. The van der Waals surface area contributed by atoms with Gasteiger partial charge in [0, 0.05) is 16.3 Å². The van der Waals surface area contributed by atoms with Crippen molar-refractivity contribution in [3.8, 4) is 17.3 Å². The molecule has 4 heteroatoms.